The Balaban J connectivity index is 1.49. The highest BCUT2D eigenvalue weighted by Gasteiger charge is 2.21. The molecule has 2 aromatic carbocycles. The van der Waals surface area contributed by atoms with Crippen LogP contribution in [0.1, 0.15) is 32.0 Å². The highest BCUT2D eigenvalue weighted by Crippen LogP contribution is 2.27. The van der Waals surface area contributed by atoms with Gasteiger partial charge in [0.1, 0.15) is 23.7 Å². The summed E-state index contributed by atoms with van der Waals surface area (Å²) >= 11 is 0. The van der Waals surface area contributed by atoms with Crippen LogP contribution in [0.25, 0.3) is 5.69 Å². The third-order valence-corrected chi connectivity index (χ3v) is 4.96. The Morgan fingerprint density at radius 1 is 1.03 bits per heavy atom. The van der Waals surface area contributed by atoms with Crippen LogP contribution in [0, 0.1) is 11.3 Å². The van der Waals surface area contributed by atoms with E-state index in [1.807, 2.05) is 26.8 Å². The molecule has 0 unspecified atom stereocenters. The zero-order valence-corrected chi connectivity index (χ0v) is 19.5. The monoisotopic (exact) mass is 468 g/mol. The van der Waals surface area contributed by atoms with Crippen molar-refractivity contribution in [1.82, 2.24) is 19.7 Å². The first-order valence-electron chi connectivity index (χ1n) is 10.8. The molecule has 4 N–H and O–H groups in total. The minimum absolute atomic E-state index is 0.227. The number of hydrogen-bond acceptors (Lipinski definition) is 7. The van der Waals surface area contributed by atoms with Gasteiger partial charge >= 0.3 is 6.03 Å². The predicted molar refractivity (Wildman–Crippen MR) is 133 cm³/mol. The molecule has 2 amide bonds. The molecule has 2 aromatic heterocycles. The van der Waals surface area contributed by atoms with Gasteiger partial charge in [-0.15, -0.1) is 0 Å². The van der Waals surface area contributed by atoms with Gasteiger partial charge in [0, 0.05) is 23.2 Å². The summed E-state index contributed by atoms with van der Waals surface area (Å²) in [5.41, 5.74) is 8.05. The maximum Gasteiger partial charge on any atom is 0.324 e. The molecule has 35 heavy (non-hydrogen) atoms. The molecule has 0 radical (unpaired) electrons. The van der Waals surface area contributed by atoms with Gasteiger partial charge in [-0.3, -0.25) is 5.32 Å². The first-order chi connectivity index (χ1) is 16.7. The number of urea groups is 1. The Hall–Kier alpha value is -4.91. The molecule has 0 bridgehead atoms. The summed E-state index contributed by atoms with van der Waals surface area (Å²) in [5, 5.41) is 19.4. The van der Waals surface area contributed by atoms with Crippen molar-refractivity contribution in [2.75, 3.05) is 16.4 Å². The summed E-state index contributed by atoms with van der Waals surface area (Å²) in [6, 6.07) is 18.8. The number of hydrogen-bond donors (Lipinski definition) is 3. The van der Waals surface area contributed by atoms with E-state index in [4.69, 9.17) is 15.7 Å². The molecular formula is C25H24N8O2. The summed E-state index contributed by atoms with van der Waals surface area (Å²) in [7, 11) is 0. The van der Waals surface area contributed by atoms with Crippen LogP contribution in [-0.2, 0) is 5.41 Å². The maximum atomic E-state index is 12.8. The van der Waals surface area contributed by atoms with Crippen molar-refractivity contribution in [3.05, 3.63) is 78.2 Å². The van der Waals surface area contributed by atoms with Gasteiger partial charge in [0.2, 0.25) is 5.88 Å². The van der Waals surface area contributed by atoms with Crippen LogP contribution in [0.4, 0.5) is 22.1 Å². The quantitative estimate of drug-likeness (QED) is 0.380. The first-order valence-corrected chi connectivity index (χ1v) is 10.8. The van der Waals surface area contributed by atoms with Crippen LogP contribution in [0.3, 0.4) is 0 Å². The second-order valence-corrected chi connectivity index (χ2v) is 8.72. The Morgan fingerprint density at radius 2 is 1.74 bits per heavy atom. The molecule has 10 nitrogen and oxygen atoms in total. The van der Waals surface area contributed by atoms with Crippen molar-refractivity contribution in [3.63, 3.8) is 0 Å². The lowest BCUT2D eigenvalue weighted by atomic mass is 9.92. The third kappa shape index (κ3) is 5.72. The van der Waals surface area contributed by atoms with Gasteiger partial charge in [-0.1, -0.05) is 20.8 Å². The van der Waals surface area contributed by atoms with E-state index in [0.29, 0.717) is 34.5 Å². The topological polar surface area (TPSA) is 144 Å². The summed E-state index contributed by atoms with van der Waals surface area (Å²) in [6.07, 6.45) is 1.32. The molecule has 176 valence electrons. The third-order valence-electron chi connectivity index (χ3n) is 4.96. The zero-order valence-electron chi connectivity index (χ0n) is 19.5. The van der Waals surface area contributed by atoms with E-state index in [9.17, 15) is 4.79 Å². The Labute approximate surface area is 202 Å². The van der Waals surface area contributed by atoms with Gasteiger partial charge < -0.3 is 15.8 Å². The summed E-state index contributed by atoms with van der Waals surface area (Å²) < 4.78 is 7.28. The van der Waals surface area contributed by atoms with Crippen molar-refractivity contribution < 1.29 is 9.53 Å². The van der Waals surface area contributed by atoms with Gasteiger partial charge in [0.25, 0.3) is 0 Å². The minimum atomic E-state index is -0.433. The fraction of sp³-hybridized carbons (Fsp3) is 0.160. The molecule has 10 heteroatoms. The number of nitrogens with zero attached hydrogens (tertiary/aromatic N) is 5. The smallest absolute Gasteiger partial charge is 0.324 e. The lowest BCUT2D eigenvalue weighted by Crippen LogP contribution is -2.21. The van der Waals surface area contributed by atoms with Crippen molar-refractivity contribution in [2.45, 2.75) is 26.2 Å². The number of aromatic nitrogens is 4. The van der Waals surface area contributed by atoms with Gasteiger partial charge in [-0.05, 0) is 48.5 Å². The van der Waals surface area contributed by atoms with Crippen LogP contribution < -0.4 is 21.1 Å². The number of ether oxygens (including phenoxy) is 1. The van der Waals surface area contributed by atoms with Crippen LogP contribution in [0.2, 0.25) is 0 Å². The number of carbonyl (C=O) groups excluding carboxylic acids is 1. The van der Waals surface area contributed by atoms with Gasteiger partial charge in [0.05, 0.1) is 23.0 Å². The largest absolute Gasteiger partial charge is 0.439 e. The molecule has 4 aromatic rings. The van der Waals surface area contributed by atoms with Crippen molar-refractivity contribution >= 4 is 23.4 Å². The Morgan fingerprint density at radius 3 is 2.37 bits per heavy atom. The van der Waals surface area contributed by atoms with Gasteiger partial charge in [-0.25, -0.2) is 19.4 Å². The predicted octanol–water partition coefficient (Wildman–Crippen LogP) is 4.85. The standard InChI is InChI=1S/C25H24N8O2/c1-25(2,3)20-12-22(33(32-20)18-8-4-16(14-26)5-9-18)31-24(34)30-17-6-10-19(11-7-17)35-23-13-21(27)28-15-29-23/h4-13,15H,1-3H3,(H2,27,28,29)(H2,30,31,34). The molecule has 0 aliphatic heterocycles. The molecule has 4 rings (SSSR count). The van der Waals surface area contributed by atoms with Crippen LogP contribution in [0.15, 0.2) is 67.0 Å². The zero-order chi connectivity index (χ0) is 25.0. The Kier molecular flexibility index (Phi) is 6.33. The van der Waals surface area contributed by atoms with Crippen molar-refractivity contribution in [3.8, 4) is 23.4 Å². The molecule has 0 fully saturated rings. The van der Waals surface area contributed by atoms with E-state index in [-0.39, 0.29) is 5.41 Å². The van der Waals surface area contributed by atoms with E-state index in [1.165, 1.54) is 12.4 Å². The minimum Gasteiger partial charge on any atom is -0.439 e. The van der Waals surface area contributed by atoms with E-state index >= 15 is 0 Å². The number of amides is 2. The molecule has 0 aliphatic carbocycles. The number of nitrogen functional groups attached to an aromatic ring is 1. The summed E-state index contributed by atoms with van der Waals surface area (Å²) in [5.74, 6) is 1.66. The van der Waals surface area contributed by atoms with E-state index in [1.54, 1.807) is 53.2 Å². The molecule has 0 saturated carbocycles. The number of nitrogens with one attached hydrogen (secondary N) is 2. The first kappa shape index (κ1) is 23.3. The molecule has 0 atom stereocenters. The van der Waals surface area contributed by atoms with Crippen LogP contribution in [-0.4, -0.2) is 25.8 Å². The normalized spacial score (nSPS) is 10.9. The van der Waals surface area contributed by atoms with Gasteiger partial charge in [-0.2, -0.15) is 10.4 Å². The van der Waals surface area contributed by atoms with Gasteiger partial charge in [0.15, 0.2) is 0 Å². The highest BCUT2D eigenvalue weighted by molar-refractivity contribution is 5.99. The highest BCUT2D eigenvalue weighted by atomic mass is 16.5. The molecule has 0 spiro atoms. The van der Waals surface area contributed by atoms with Crippen LogP contribution in [0.5, 0.6) is 11.6 Å². The number of nitriles is 1. The average Bonchev–Trinajstić information content (AvgIpc) is 3.24. The van der Waals surface area contributed by atoms with Crippen LogP contribution >= 0.6 is 0 Å². The second kappa shape index (κ2) is 9.52. The van der Waals surface area contributed by atoms with E-state index in [0.717, 1.165) is 11.4 Å². The average molecular weight is 469 g/mol. The number of benzene rings is 2. The second-order valence-electron chi connectivity index (χ2n) is 8.72. The number of nitrogens with two attached hydrogens (primary N) is 1. The lowest BCUT2D eigenvalue weighted by molar-refractivity contribution is 0.262. The number of anilines is 3. The van der Waals surface area contributed by atoms with Crippen molar-refractivity contribution in [2.24, 2.45) is 0 Å². The molecular weight excluding hydrogens is 444 g/mol. The Bertz CT molecular complexity index is 1380. The fourth-order valence-corrected chi connectivity index (χ4v) is 3.13. The molecule has 0 aliphatic rings. The van der Waals surface area contributed by atoms with E-state index < -0.39 is 6.03 Å². The number of carbonyl (C=O) groups is 1. The SMILES string of the molecule is CC(C)(C)c1cc(NC(=O)Nc2ccc(Oc3cc(N)ncn3)cc2)n(-c2ccc(C#N)cc2)n1. The lowest BCUT2D eigenvalue weighted by Gasteiger charge is -2.14. The van der Waals surface area contributed by atoms with E-state index in [2.05, 4.69) is 31.8 Å². The summed E-state index contributed by atoms with van der Waals surface area (Å²) in [4.78, 5) is 20.6. The molecule has 0 saturated heterocycles. The summed E-state index contributed by atoms with van der Waals surface area (Å²) in [6.45, 7) is 6.13. The molecule has 2 heterocycles. The van der Waals surface area contributed by atoms with Crippen molar-refractivity contribution in [1.29, 1.82) is 5.26 Å². The fourth-order valence-electron chi connectivity index (χ4n) is 3.13. The maximum absolute atomic E-state index is 12.8. The number of rotatable bonds is 5.